The lowest BCUT2D eigenvalue weighted by molar-refractivity contribution is 0.103. The smallest absolute Gasteiger partial charge is 0.265 e. The Kier molecular flexibility index (Phi) is 7.97. The van der Waals surface area contributed by atoms with Gasteiger partial charge in [0.25, 0.3) is 5.91 Å². The molecule has 1 fully saturated rings. The predicted octanol–water partition coefficient (Wildman–Crippen LogP) is 3.65. The monoisotopic (exact) mass is 478 g/mol. The van der Waals surface area contributed by atoms with Crippen molar-refractivity contribution >= 4 is 38.6 Å². The highest BCUT2D eigenvalue weighted by Gasteiger charge is 2.25. The normalized spacial score (nSPS) is 15.4. The molecule has 32 heavy (non-hydrogen) atoms. The lowest BCUT2D eigenvalue weighted by atomic mass is 10.2. The number of thiophene rings is 1. The Morgan fingerprint density at radius 2 is 1.75 bits per heavy atom. The maximum absolute atomic E-state index is 13.1. The van der Waals surface area contributed by atoms with Crippen LogP contribution in [0.5, 0.6) is 0 Å². The molecular formula is C23H34N4O3S2. The minimum atomic E-state index is -3.63. The van der Waals surface area contributed by atoms with Gasteiger partial charge in [-0.05, 0) is 50.2 Å². The zero-order valence-corrected chi connectivity index (χ0v) is 21.3. The van der Waals surface area contributed by atoms with Crippen molar-refractivity contribution in [3.63, 3.8) is 0 Å². The fourth-order valence-electron chi connectivity index (χ4n) is 3.98. The molecule has 0 saturated carbocycles. The van der Waals surface area contributed by atoms with Gasteiger partial charge in [-0.1, -0.05) is 20.8 Å². The molecule has 1 saturated heterocycles. The van der Waals surface area contributed by atoms with Gasteiger partial charge in [0.15, 0.2) is 0 Å². The first kappa shape index (κ1) is 24.7. The number of sulfonamides is 1. The minimum absolute atomic E-state index is 0.200. The summed E-state index contributed by atoms with van der Waals surface area (Å²) in [6.07, 6.45) is 0.875. The van der Waals surface area contributed by atoms with E-state index in [9.17, 15) is 13.2 Å². The van der Waals surface area contributed by atoms with Crippen molar-refractivity contribution in [2.45, 2.75) is 39.0 Å². The average molecular weight is 479 g/mol. The molecule has 1 aliphatic heterocycles. The van der Waals surface area contributed by atoms with Crippen molar-refractivity contribution in [1.82, 2.24) is 9.21 Å². The SMILES string of the molecule is CCc1cc(C(=O)Nc2cc(S(=O)(=O)N(CC)CC)ccc2N2CCN(C)CC2)sc1C. The van der Waals surface area contributed by atoms with E-state index in [0.717, 1.165) is 48.7 Å². The molecule has 0 bridgehead atoms. The highest BCUT2D eigenvalue weighted by atomic mass is 32.2. The second-order valence-electron chi connectivity index (χ2n) is 8.06. The van der Waals surface area contributed by atoms with Crippen LogP contribution in [0, 0.1) is 6.92 Å². The maximum Gasteiger partial charge on any atom is 0.265 e. The first-order valence-electron chi connectivity index (χ1n) is 11.2. The Morgan fingerprint density at radius 3 is 2.31 bits per heavy atom. The molecule has 0 unspecified atom stereocenters. The standard InChI is InChI=1S/C23H34N4O3S2/c1-6-18-15-22(31-17(18)4)23(28)24-20-16-19(32(29,30)27(7-2)8-3)9-10-21(20)26-13-11-25(5)12-14-26/h9-10,15-16H,6-8,11-14H2,1-5H3,(H,24,28). The summed E-state index contributed by atoms with van der Waals surface area (Å²) in [5.74, 6) is -0.203. The van der Waals surface area contributed by atoms with Crippen LogP contribution in [0.2, 0.25) is 0 Å². The van der Waals surface area contributed by atoms with E-state index >= 15 is 0 Å². The third kappa shape index (κ3) is 5.17. The van der Waals surface area contributed by atoms with E-state index in [0.29, 0.717) is 23.7 Å². The van der Waals surface area contributed by atoms with Crippen LogP contribution in [-0.4, -0.2) is 69.8 Å². The summed E-state index contributed by atoms with van der Waals surface area (Å²) in [5, 5.41) is 3.02. The lowest BCUT2D eigenvalue weighted by Gasteiger charge is -2.35. The Morgan fingerprint density at radius 1 is 1.09 bits per heavy atom. The third-order valence-corrected chi connectivity index (χ3v) is 9.17. The zero-order chi connectivity index (χ0) is 23.5. The van der Waals surface area contributed by atoms with Gasteiger partial charge in [0.05, 0.1) is 21.1 Å². The molecule has 1 N–H and O–H groups in total. The van der Waals surface area contributed by atoms with Crippen molar-refractivity contribution < 1.29 is 13.2 Å². The molecule has 9 heteroatoms. The number of nitrogens with zero attached hydrogens (tertiary/aromatic N) is 3. The van der Waals surface area contributed by atoms with Gasteiger partial charge >= 0.3 is 0 Å². The van der Waals surface area contributed by atoms with Gasteiger partial charge in [-0.2, -0.15) is 4.31 Å². The van der Waals surface area contributed by atoms with E-state index < -0.39 is 10.0 Å². The molecule has 2 heterocycles. The molecule has 0 radical (unpaired) electrons. The number of hydrogen-bond acceptors (Lipinski definition) is 6. The Bertz CT molecular complexity index is 1050. The summed E-state index contributed by atoms with van der Waals surface area (Å²) < 4.78 is 27.7. The molecule has 0 atom stereocenters. The van der Waals surface area contributed by atoms with E-state index in [2.05, 4.69) is 29.1 Å². The van der Waals surface area contributed by atoms with Gasteiger partial charge in [-0.25, -0.2) is 8.42 Å². The summed E-state index contributed by atoms with van der Waals surface area (Å²) >= 11 is 1.47. The van der Waals surface area contributed by atoms with E-state index in [-0.39, 0.29) is 10.8 Å². The number of nitrogens with one attached hydrogen (secondary N) is 1. The molecule has 2 aromatic rings. The fraction of sp³-hybridized carbons (Fsp3) is 0.522. The highest BCUT2D eigenvalue weighted by Crippen LogP contribution is 2.32. The van der Waals surface area contributed by atoms with Crippen LogP contribution >= 0.6 is 11.3 Å². The molecule has 0 spiro atoms. The first-order valence-corrected chi connectivity index (χ1v) is 13.4. The van der Waals surface area contributed by atoms with Crippen LogP contribution in [0.1, 0.15) is 40.9 Å². The topological polar surface area (TPSA) is 73.0 Å². The number of amides is 1. The van der Waals surface area contributed by atoms with Crippen molar-refractivity contribution in [2.24, 2.45) is 0 Å². The Labute approximate surface area is 196 Å². The van der Waals surface area contributed by atoms with Crippen molar-refractivity contribution in [3.05, 3.63) is 39.6 Å². The van der Waals surface area contributed by atoms with Crippen LogP contribution in [0.25, 0.3) is 0 Å². The molecule has 176 valence electrons. The Balaban J connectivity index is 1.99. The molecule has 3 rings (SSSR count). The van der Waals surface area contributed by atoms with Crippen LogP contribution in [-0.2, 0) is 16.4 Å². The van der Waals surface area contributed by atoms with E-state index in [4.69, 9.17) is 0 Å². The van der Waals surface area contributed by atoms with Crippen LogP contribution < -0.4 is 10.2 Å². The quantitative estimate of drug-likeness (QED) is 0.627. The number of piperazine rings is 1. The number of likely N-dealkylation sites (N-methyl/N-ethyl adjacent to an activating group) is 1. The highest BCUT2D eigenvalue weighted by molar-refractivity contribution is 7.89. The second-order valence-corrected chi connectivity index (χ2v) is 11.3. The van der Waals surface area contributed by atoms with Gasteiger partial charge in [0.2, 0.25) is 10.0 Å². The van der Waals surface area contributed by atoms with Gasteiger partial charge in [0, 0.05) is 44.1 Å². The number of carbonyl (C=O) groups is 1. The number of anilines is 2. The van der Waals surface area contributed by atoms with Crippen molar-refractivity contribution in [2.75, 3.05) is 56.5 Å². The number of carbonyl (C=O) groups excluding carboxylic acids is 1. The van der Waals surface area contributed by atoms with Crippen molar-refractivity contribution in [3.8, 4) is 0 Å². The molecule has 1 amide bonds. The minimum Gasteiger partial charge on any atom is -0.367 e. The predicted molar refractivity (Wildman–Crippen MR) is 133 cm³/mol. The van der Waals surface area contributed by atoms with Gasteiger partial charge in [-0.15, -0.1) is 11.3 Å². The third-order valence-electron chi connectivity index (χ3n) is 6.03. The summed E-state index contributed by atoms with van der Waals surface area (Å²) in [4.78, 5) is 19.5. The molecular weight excluding hydrogens is 444 g/mol. The summed E-state index contributed by atoms with van der Waals surface area (Å²) in [7, 11) is -1.54. The molecule has 7 nitrogen and oxygen atoms in total. The molecule has 1 aliphatic rings. The van der Waals surface area contributed by atoms with Crippen LogP contribution in [0.4, 0.5) is 11.4 Å². The molecule has 1 aromatic carbocycles. The fourth-order valence-corrected chi connectivity index (χ4v) is 6.47. The van der Waals surface area contributed by atoms with Gasteiger partial charge < -0.3 is 15.1 Å². The lowest BCUT2D eigenvalue weighted by Crippen LogP contribution is -2.44. The largest absolute Gasteiger partial charge is 0.367 e. The van der Waals surface area contributed by atoms with Crippen LogP contribution in [0.15, 0.2) is 29.2 Å². The first-order chi connectivity index (χ1) is 15.2. The van der Waals surface area contributed by atoms with Gasteiger partial charge in [-0.3, -0.25) is 4.79 Å². The maximum atomic E-state index is 13.1. The average Bonchev–Trinajstić information content (AvgIpc) is 3.16. The Hall–Kier alpha value is -1.94. The van der Waals surface area contributed by atoms with Crippen LogP contribution in [0.3, 0.4) is 0 Å². The van der Waals surface area contributed by atoms with E-state index in [1.54, 1.807) is 12.1 Å². The second kappa shape index (κ2) is 10.3. The van der Waals surface area contributed by atoms with E-state index in [1.165, 1.54) is 15.6 Å². The molecule has 0 aliphatic carbocycles. The number of aryl methyl sites for hydroxylation is 2. The van der Waals surface area contributed by atoms with Gasteiger partial charge in [0.1, 0.15) is 0 Å². The number of benzene rings is 1. The summed E-state index contributed by atoms with van der Waals surface area (Å²) in [5.41, 5.74) is 2.56. The number of rotatable bonds is 8. The number of hydrogen-bond donors (Lipinski definition) is 1. The van der Waals surface area contributed by atoms with Crippen molar-refractivity contribution in [1.29, 1.82) is 0 Å². The zero-order valence-electron chi connectivity index (χ0n) is 19.6. The molecule has 1 aromatic heterocycles. The van der Waals surface area contributed by atoms with E-state index in [1.807, 2.05) is 32.9 Å². The summed E-state index contributed by atoms with van der Waals surface area (Å²) in [6.45, 7) is 12.0. The summed E-state index contributed by atoms with van der Waals surface area (Å²) in [6, 6.07) is 7.03.